The number of piperidine rings is 1. The molecule has 3 aromatic rings. The molecule has 1 aromatic heterocycles. The molecule has 1 atom stereocenters. The van der Waals surface area contributed by atoms with Crippen molar-refractivity contribution in [1.82, 2.24) is 10.3 Å². The van der Waals surface area contributed by atoms with Crippen LogP contribution in [0.15, 0.2) is 46.9 Å². The molecule has 1 saturated heterocycles. The van der Waals surface area contributed by atoms with Gasteiger partial charge in [-0.1, -0.05) is 18.2 Å². The Bertz CT molecular complexity index is 950. The molecule has 0 saturated carbocycles. The van der Waals surface area contributed by atoms with E-state index in [0.29, 0.717) is 24.0 Å². The minimum absolute atomic E-state index is 0.0198. The number of rotatable bonds is 6. The smallest absolute Gasteiger partial charge is 0.298 e. The van der Waals surface area contributed by atoms with E-state index in [1.807, 2.05) is 42.5 Å². The second-order valence-corrected chi connectivity index (χ2v) is 7.89. The quantitative estimate of drug-likeness (QED) is 0.668. The number of hydrogen-bond donors (Lipinski definition) is 1. The van der Waals surface area contributed by atoms with Crippen LogP contribution in [-0.4, -0.2) is 51.0 Å². The summed E-state index contributed by atoms with van der Waals surface area (Å²) in [6.45, 7) is 4.20. The summed E-state index contributed by atoms with van der Waals surface area (Å²) >= 11 is 0. The van der Waals surface area contributed by atoms with Gasteiger partial charge in [0.1, 0.15) is 18.2 Å². The van der Waals surface area contributed by atoms with E-state index in [4.69, 9.17) is 18.6 Å². The zero-order valence-corrected chi connectivity index (χ0v) is 17.2. The predicted octanol–water partition coefficient (Wildman–Crippen LogP) is 3.48. The van der Waals surface area contributed by atoms with Gasteiger partial charge in [-0.05, 0) is 49.6 Å². The van der Waals surface area contributed by atoms with E-state index < -0.39 is 0 Å². The fraction of sp³-hybridized carbons (Fsp3) is 0.435. The van der Waals surface area contributed by atoms with E-state index >= 15 is 0 Å². The summed E-state index contributed by atoms with van der Waals surface area (Å²) in [7, 11) is 1.65. The molecular weight excluding hydrogens is 382 g/mol. The van der Waals surface area contributed by atoms with Crippen LogP contribution in [0.3, 0.4) is 0 Å². The second-order valence-electron chi connectivity index (χ2n) is 7.89. The van der Waals surface area contributed by atoms with Crippen LogP contribution in [0, 0.1) is 5.92 Å². The first kappa shape index (κ1) is 19.1. The largest absolute Gasteiger partial charge is 0.493 e. The van der Waals surface area contributed by atoms with Gasteiger partial charge in [-0.25, -0.2) is 0 Å². The lowest BCUT2D eigenvalue weighted by Crippen LogP contribution is -2.42. The summed E-state index contributed by atoms with van der Waals surface area (Å²) in [5.74, 6) is 2.79. The molecule has 2 aliphatic rings. The van der Waals surface area contributed by atoms with E-state index in [9.17, 15) is 0 Å². The Kier molecular flexibility index (Phi) is 5.36. The lowest BCUT2D eigenvalue weighted by Gasteiger charge is -2.32. The Balaban J connectivity index is 1.08. The molecule has 0 radical (unpaired) electrons. The van der Waals surface area contributed by atoms with Crippen molar-refractivity contribution < 1.29 is 18.6 Å². The highest BCUT2D eigenvalue weighted by Gasteiger charge is 2.26. The molecule has 2 aromatic carbocycles. The Hall–Kier alpha value is -2.93. The molecule has 7 heteroatoms. The average Bonchev–Trinajstić information content (AvgIpc) is 3.23. The Morgan fingerprint density at radius 2 is 1.97 bits per heavy atom. The molecule has 30 heavy (non-hydrogen) atoms. The molecule has 1 fully saturated rings. The summed E-state index contributed by atoms with van der Waals surface area (Å²) in [4.78, 5) is 6.87. The molecule has 0 bridgehead atoms. The number of oxazole rings is 1. The highest BCUT2D eigenvalue weighted by Crippen LogP contribution is 2.39. The van der Waals surface area contributed by atoms with E-state index in [1.54, 1.807) is 7.11 Å². The number of nitrogens with one attached hydrogen (secondary N) is 1. The fourth-order valence-electron chi connectivity index (χ4n) is 4.14. The highest BCUT2D eigenvalue weighted by atomic mass is 16.6. The molecule has 0 spiro atoms. The molecule has 0 amide bonds. The Morgan fingerprint density at radius 1 is 1.10 bits per heavy atom. The predicted molar refractivity (Wildman–Crippen MR) is 115 cm³/mol. The van der Waals surface area contributed by atoms with Crippen LogP contribution in [0.1, 0.15) is 12.8 Å². The average molecular weight is 409 g/mol. The third-order valence-corrected chi connectivity index (χ3v) is 5.84. The van der Waals surface area contributed by atoms with Crippen molar-refractivity contribution in [2.45, 2.75) is 18.9 Å². The monoisotopic (exact) mass is 409 g/mol. The third-order valence-electron chi connectivity index (χ3n) is 5.84. The van der Waals surface area contributed by atoms with Crippen molar-refractivity contribution in [2.75, 3.05) is 44.8 Å². The Morgan fingerprint density at radius 3 is 2.80 bits per heavy atom. The van der Waals surface area contributed by atoms with Crippen molar-refractivity contribution in [1.29, 1.82) is 0 Å². The molecule has 1 N–H and O–H groups in total. The minimum atomic E-state index is -0.0198. The SMILES string of the molecule is COc1cccc2c1OC(CNCC1CCN(c3nc4ccccc4o3)CC1)CO2. The van der Waals surface area contributed by atoms with Crippen LogP contribution in [0.2, 0.25) is 0 Å². The summed E-state index contributed by atoms with van der Waals surface area (Å²) < 4.78 is 23.2. The van der Waals surface area contributed by atoms with Crippen molar-refractivity contribution in [2.24, 2.45) is 5.92 Å². The van der Waals surface area contributed by atoms with Gasteiger partial charge in [-0.15, -0.1) is 0 Å². The zero-order valence-electron chi connectivity index (χ0n) is 17.2. The number of anilines is 1. The number of ether oxygens (including phenoxy) is 3. The molecule has 2 aliphatic heterocycles. The standard InChI is InChI=1S/C23H27N3O4/c1-27-20-7-4-8-21-22(20)29-17(15-28-21)14-24-13-16-9-11-26(12-10-16)23-25-18-5-2-3-6-19(18)30-23/h2-8,16-17,24H,9-15H2,1H3. The van der Waals surface area contributed by atoms with Crippen LogP contribution >= 0.6 is 0 Å². The number of methoxy groups -OCH3 is 1. The number of para-hydroxylation sites is 3. The van der Waals surface area contributed by atoms with E-state index in [2.05, 4.69) is 15.2 Å². The lowest BCUT2D eigenvalue weighted by molar-refractivity contribution is 0.0854. The van der Waals surface area contributed by atoms with Gasteiger partial charge in [-0.2, -0.15) is 4.98 Å². The van der Waals surface area contributed by atoms with Gasteiger partial charge >= 0.3 is 0 Å². The van der Waals surface area contributed by atoms with Gasteiger partial charge in [-0.3, -0.25) is 0 Å². The maximum atomic E-state index is 6.11. The topological polar surface area (TPSA) is 69.0 Å². The van der Waals surface area contributed by atoms with Crippen molar-refractivity contribution >= 4 is 17.1 Å². The molecule has 1 unspecified atom stereocenters. The molecule has 7 nitrogen and oxygen atoms in total. The number of hydrogen-bond acceptors (Lipinski definition) is 7. The van der Waals surface area contributed by atoms with Gasteiger partial charge < -0.3 is 28.8 Å². The van der Waals surface area contributed by atoms with Crippen molar-refractivity contribution in [3.8, 4) is 17.2 Å². The van der Waals surface area contributed by atoms with Crippen LogP contribution < -0.4 is 24.4 Å². The number of fused-ring (bicyclic) bond motifs is 2. The first-order chi connectivity index (χ1) is 14.8. The first-order valence-electron chi connectivity index (χ1n) is 10.6. The van der Waals surface area contributed by atoms with E-state index in [0.717, 1.165) is 61.9 Å². The molecule has 0 aliphatic carbocycles. The maximum absolute atomic E-state index is 6.11. The minimum Gasteiger partial charge on any atom is -0.493 e. The third kappa shape index (κ3) is 3.89. The van der Waals surface area contributed by atoms with Crippen molar-refractivity contribution in [3.63, 3.8) is 0 Å². The van der Waals surface area contributed by atoms with Crippen LogP contribution in [0.5, 0.6) is 17.2 Å². The highest BCUT2D eigenvalue weighted by molar-refractivity contribution is 5.74. The van der Waals surface area contributed by atoms with E-state index in [1.165, 1.54) is 0 Å². The summed E-state index contributed by atoms with van der Waals surface area (Å²) in [5, 5.41) is 3.57. The summed E-state index contributed by atoms with van der Waals surface area (Å²) in [5.41, 5.74) is 1.77. The van der Waals surface area contributed by atoms with Gasteiger partial charge in [0.2, 0.25) is 5.75 Å². The second kappa shape index (κ2) is 8.44. The lowest BCUT2D eigenvalue weighted by atomic mass is 9.97. The summed E-state index contributed by atoms with van der Waals surface area (Å²) in [6.07, 6.45) is 2.21. The van der Waals surface area contributed by atoms with Gasteiger partial charge in [0.05, 0.1) is 7.11 Å². The molecule has 3 heterocycles. The molecular formula is C23H27N3O4. The number of aromatic nitrogens is 1. The van der Waals surface area contributed by atoms with Crippen LogP contribution in [0.4, 0.5) is 6.01 Å². The number of nitrogens with zero attached hydrogens (tertiary/aromatic N) is 2. The number of benzene rings is 2. The van der Waals surface area contributed by atoms with Crippen molar-refractivity contribution in [3.05, 3.63) is 42.5 Å². The fourth-order valence-corrected chi connectivity index (χ4v) is 4.14. The summed E-state index contributed by atoms with van der Waals surface area (Å²) in [6, 6.07) is 14.4. The van der Waals surface area contributed by atoms with Gasteiger partial charge in [0, 0.05) is 19.6 Å². The zero-order chi connectivity index (χ0) is 20.3. The van der Waals surface area contributed by atoms with E-state index in [-0.39, 0.29) is 6.10 Å². The molecule has 158 valence electrons. The Labute approximate surface area is 175 Å². The normalized spacial score (nSPS) is 19.2. The van der Waals surface area contributed by atoms with Gasteiger partial charge in [0.25, 0.3) is 6.01 Å². The maximum Gasteiger partial charge on any atom is 0.298 e. The first-order valence-corrected chi connectivity index (χ1v) is 10.6. The van der Waals surface area contributed by atoms with Crippen LogP contribution in [-0.2, 0) is 0 Å². The van der Waals surface area contributed by atoms with Gasteiger partial charge in [0.15, 0.2) is 17.1 Å². The van der Waals surface area contributed by atoms with Crippen LogP contribution in [0.25, 0.3) is 11.1 Å². The molecule has 5 rings (SSSR count).